The molecule has 4 bridgehead atoms. The molecule has 1 heterocycles. The third kappa shape index (κ3) is 7.12. The Morgan fingerprint density at radius 3 is 1.03 bits per heavy atom. The van der Waals surface area contributed by atoms with Crippen LogP contribution in [-0.2, 0) is 19.2 Å². The Balaban J connectivity index is 1.71. The maximum atomic E-state index is 12.1. The highest BCUT2D eigenvalue weighted by Gasteiger charge is 2.11. The van der Waals surface area contributed by atoms with Crippen molar-refractivity contribution >= 4 is 69.9 Å². The summed E-state index contributed by atoms with van der Waals surface area (Å²) in [6, 6.07) is 13.6. The van der Waals surface area contributed by atoms with Crippen molar-refractivity contribution in [1.29, 1.82) is 0 Å². The van der Waals surface area contributed by atoms with Gasteiger partial charge in [-0.15, -0.1) is 23.5 Å². The van der Waals surface area contributed by atoms with Crippen LogP contribution in [0.15, 0.2) is 48.5 Å². The number of amides is 4. The summed E-state index contributed by atoms with van der Waals surface area (Å²) in [5.41, 5.74) is 2.17. The predicted octanol–water partition coefficient (Wildman–Crippen LogP) is 2.62. The average molecular weight is 445 g/mol. The molecule has 8 nitrogen and oxygen atoms in total. The van der Waals surface area contributed by atoms with E-state index in [4.69, 9.17) is 0 Å². The molecule has 0 spiro atoms. The average Bonchev–Trinajstić information content (AvgIpc) is 2.67. The maximum Gasteiger partial charge on any atom is 0.234 e. The van der Waals surface area contributed by atoms with Gasteiger partial charge in [-0.2, -0.15) is 0 Å². The third-order valence-electron chi connectivity index (χ3n) is 3.79. The minimum Gasteiger partial charge on any atom is -0.325 e. The molecule has 0 atom stereocenters. The molecule has 0 radical (unpaired) electrons. The van der Waals surface area contributed by atoms with E-state index in [2.05, 4.69) is 21.3 Å². The van der Waals surface area contributed by atoms with Crippen molar-refractivity contribution in [3.8, 4) is 0 Å². The van der Waals surface area contributed by atoms with Crippen LogP contribution >= 0.6 is 23.5 Å². The van der Waals surface area contributed by atoms with Gasteiger partial charge in [0.1, 0.15) is 0 Å². The van der Waals surface area contributed by atoms with E-state index in [-0.39, 0.29) is 46.6 Å². The highest BCUT2D eigenvalue weighted by molar-refractivity contribution is 8.00. The van der Waals surface area contributed by atoms with Gasteiger partial charge in [0.2, 0.25) is 23.6 Å². The normalized spacial score (nSPS) is 16.5. The predicted molar refractivity (Wildman–Crippen MR) is 122 cm³/mol. The lowest BCUT2D eigenvalue weighted by atomic mass is 10.2. The first-order valence-corrected chi connectivity index (χ1v) is 11.3. The molecule has 0 aliphatic carbocycles. The van der Waals surface area contributed by atoms with Gasteiger partial charge >= 0.3 is 0 Å². The van der Waals surface area contributed by atoms with Gasteiger partial charge in [0.15, 0.2) is 0 Å². The first-order valence-electron chi connectivity index (χ1n) is 9.03. The zero-order valence-electron chi connectivity index (χ0n) is 15.9. The summed E-state index contributed by atoms with van der Waals surface area (Å²) in [7, 11) is 0. The van der Waals surface area contributed by atoms with Crippen LogP contribution in [-0.4, -0.2) is 46.6 Å². The molecule has 30 heavy (non-hydrogen) atoms. The van der Waals surface area contributed by atoms with Crippen LogP contribution in [0.5, 0.6) is 0 Å². The third-order valence-corrected chi connectivity index (χ3v) is 5.66. The van der Waals surface area contributed by atoms with Crippen LogP contribution < -0.4 is 21.3 Å². The minimum absolute atomic E-state index is 0.108. The summed E-state index contributed by atoms with van der Waals surface area (Å²) < 4.78 is 0. The number of hydrogen-bond acceptors (Lipinski definition) is 6. The number of fused-ring (bicyclic) bond motifs is 4. The Kier molecular flexibility index (Phi) is 7.75. The van der Waals surface area contributed by atoms with Gasteiger partial charge in [0.25, 0.3) is 0 Å². The van der Waals surface area contributed by atoms with Crippen molar-refractivity contribution in [2.24, 2.45) is 0 Å². The van der Waals surface area contributed by atoms with Crippen LogP contribution in [0.25, 0.3) is 0 Å². The number of carbonyl (C=O) groups excluding carboxylic acids is 4. The number of thioether (sulfide) groups is 2. The van der Waals surface area contributed by atoms with Gasteiger partial charge in [-0.25, -0.2) is 0 Å². The van der Waals surface area contributed by atoms with Crippen molar-refractivity contribution in [3.63, 3.8) is 0 Å². The van der Waals surface area contributed by atoms with Gasteiger partial charge in [-0.3, -0.25) is 19.2 Å². The Morgan fingerprint density at radius 1 is 0.500 bits per heavy atom. The highest BCUT2D eigenvalue weighted by atomic mass is 32.2. The summed E-state index contributed by atoms with van der Waals surface area (Å²) in [6.07, 6.45) is 0. The van der Waals surface area contributed by atoms with Crippen LogP contribution in [0.3, 0.4) is 0 Å². The molecular weight excluding hydrogens is 424 g/mol. The Hall–Kier alpha value is -2.98. The molecule has 156 valence electrons. The summed E-state index contributed by atoms with van der Waals surface area (Å²) in [6.45, 7) is 0. The van der Waals surface area contributed by atoms with E-state index in [0.29, 0.717) is 22.7 Å². The molecule has 2 aromatic carbocycles. The lowest BCUT2D eigenvalue weighted by Gasteiger charge is -2.11. The number of carbonyl (C=O) groups is 4. The van der Waals surface area contributed by atoms with Crippen molar-refractivity contribution in [2.45, 2.75) is 0 Å². The van der Waals surface area contributed by atoms with Crippen LogP contribution in [0.4, 0.5) is 22.7 Å². The van der Waals surface area contributed by atoms with Gasteiger partial charge in [0.05, 0.1) is 23.0 Å². The fourth-order valence-corrected chi connectivity index (χ4v) is 3.84. The zero-order chi connectivity index (χ0) is 21.3. The smallest absolute Gasteiger partial charge is 0.234 e. The Bertz CT molecular complexity index is 823. The molecule has 0 saturated heterocycles. The van der Waals surface area contributed by atoms with Crippen molar-refractivity contribution in [1.82, 2.24) is 0 Å². The maximum absolute atomic E-state index is 12.1. The molecule has 4 N–H and O–H groups in total. The van der Waals surface area contributed by atoms with Gasteiger partial charge in [-0.05, 0) is 36.4 Å². The number of benzene rings is 2. The number of nitrogens with one attached hydrogen (secondary N) is 4. The molecule has 1 aliphatic rings. The van der Waals surface area contributed by atoms with Crippen molar-refractivity contribution < 1.29 is 19.2 Å². The monoisotopic (exact) mass is 444 g/mol. The summed E-state index contributed by atoms with van der Waals surface area (Å²) in [5, 5.41) is 11.0. The second-order valence-corrected chi connectivity index (χ2v) is 8.31. The van der Waals surface area contributed by atoms with E-state index in [1.807, 2.05) is 0 Å². The van der Waals surface area contributed by atoms with E-state index in [1.165, 1.54) is 23.5 Å². The summed E-state index contributed by atoms with van der Waals surface area (Å²) >= 11 is 2.37. The molecule has 2 aromatic rings. The van der Waals surface area contributed by atoms with Crippen LogP contribution in [0, 0.1) is 0 Å². The Labute approximate surface area is 181 Å². The fraction of sp³-hybridized carbons (Fsp3) is 0.200. The highest BCUT2D eigenvalue weighted by Crippen LogP contribution is 2.18. The van der Waals surface area contributed by atoms with Crippen LogP contribution in [0.2, 0.25) is 0 Å². The van der Waals surface area contributed by atoms with E-state index >= 15 is 0 Å². The summed E-state index contributed by atoms with van der Waals surface area (Å²) in [5.74, 6) is -0.546. The van der Waals surface area contributed by atoms with Gasteiger partial charge in [0, 0.05) is 22.7 Å². The van der Waals surface area contributed by atoms with Gasteiger partial charge < -0.3 is 21.3 Å². The quantitative estimate of drug-likeness (QED) is 0.496. The van der Waals surface area contributed by atoms with E-state index in [0.717, 1.165) is 0 Å². The van der Waals surface area contributed by atoms with E-state index in [9.17, 15) is 19.2 Å². The SMILES string of the molecule is O=C1CSCC(=O)Nc2cccc(c2)NC(=O)CSCC(=O)Nc2cccc(c2)N1. The minimum atomic E-state index is -0.244. The molecule has 0 fully saturated rings. The van der Waals surface area contributed by atoms with Crippen molar-refractivity contribution in [2.75, 3.05) is 44.3 Å². The van der Waals surface area contributed by atoms with Crippen LogP contribution in [0.1, 0.15) is 0 Å². The summed E-state index contributed by atoms with van der Waals surface area (Å²) in [4.78, 5) is 48.5. The van der Waals surface area contributed by atoms with E-state index in [1.54, 1.807) is 48.5 Å². The number of rotatable bonds is 0. The van der Waals surface area contributed by atoms with E-state index < -0.39 is 0 Å². The van der Waals surface area contributed by atoms with Gasteiger partial charge in [-0.1, -0.05) is 12.1 Å². The molecule has 0 unspecified atom stereocenters. The number of anilines is 4. The van der Waals surface area contributed by atoms with Crippen molar-refractivity contribution in [3.05, 3.63) is 48.5 Å². The second-order valence-electron chi connectivity index (χ2n) is 6.34. The molecule has 3 rings (SSSR count). The lowest BCUT2D eigenvalue weighted by Crippen LogP contribution is -2.20. The fourth-order valence-electron chi connectivity index (χ4n) is 2.61. The molecule has 10 heteroatoms. The first kappa shape index (κ1) is 21.7. The number of hydrogen-bond donors (Lipinski definition) is 4. The largest absolute Gasteiger partial charge is 0.325 e. The standard InChI is InChI=1S/C20H20N4O4S2/c25-17-9-29-11-19(27)23-15-5-2-6-16(8-15)24-20(28)12-30-10-18(26)22-14-4-1-3-13(7-14)21-17/h1-8H,9-12H2,(H,21,25)(H,22,26)(H,23,27)(H,24,28). The molecular formula is C20H20N4O4S2. The topological polar surface area (TPSA) is 116 Å². The molecule has 4 amide bonds. The molecule has 0 saturated carbocycles. The Morgan fingerprint density at radius 2 is 0.767 bits per heavy atom. The molecule has 1 aliphatic heterocycles. The first-order chi connectivity index (χ1) is 14.5. The second kappa shape index (κ2) is 10.7. The zero-order valence-corrected chi connectivity index (χ0v) is 17.5. The lowest BCUT2D eigenvalue weighted by molar-refractivity contribution is -0.115. The molecule has 0 aromatic heterocycles.